The van der Waals surface area contributed by atoms with Crippen LogP contribution in [0.3, 0.4) is 0 Å². The van der Waals surface area contributed by atoms with E-state index in [0.717, 1.165) is 27.4 Å². The Labute approximate surface area is 205 Å². The summed E-state index contributed by atoms with van der Waals surface area (Å²) < 4.78 is 13.5. The predicted molar refractivity (Wildman–Crippen MR) is 131 cm³/mol. The number of thiocarbonyl (C=S) groups is 1. The van der Waals surface area contributed by atoms with Crippen LogP contribution in [0.1, 0.15) is 17.5 Å². The number of rotatable bonds is 8. The zero-order chi connectivity index (χ0) is 22.5. The first-order valence-corrected chi connectivity index (χ1v) is 11.8. The van der Waals surface area contributed by atoms with Gasteiger partial charge in [0, 0.05) is 11.0 Å². The molecule has 1 fully saturated rings. The maximum atomic E-state index is 12.6. The fourth-order valence-electron chi connectivity index (χ4n) is 2.75. The molecule has 2 aromatic carbocycles. The van der Waals surface area contributed by atoms with Crippen LogP contribution < -0.4 is 9.47 Å². The van der Waals surface area contributed by atoms with Crippen LogP contribution in [-0.2, 0) is 16.2 Å². The van der Waals surface area contributed by atoms with Crippen LogP contribution in [0.2, 0.25) is 0 Å². The molecule has 0 aliphatic carbocycles. The first kappa shape index (κ1) is 23.8. The predicted octanol–water partition coefficient (Wildman–Crippen LogP) is 5.48. The first-order valence-electron chi connectivity index (χ1n) is 9.00. The molecule has 0 atom stereocenters. The Morgan fingerprint density at radius 1 is 1.26 bits per heavy atom. The number of carbonyl (C=O) groups excluding carboxylic acids is 1. The molecule has 31 heavy (non-hydrogen) atoms. The second kappa shape index (κ2) is 10.6. The molecule has 0 bridgehead atoms. The molecule has 0 spiro atoms. The van der Waals surface area contributed by atoms with Crippen LogP contribution >= 0.6 is 55.8 Å². The van der Waals surface area contributed by atoms with Gasteiger partial charge in [-0.2, -0.15) is 0 Å². The maximum Gasteiger partial charge on any atom is 0.305 e. The molecule has 0 aromatic heterocycles. The highest BCUT2D eigenvalue weighted by atomic mass is 79.9. The molecule has 1 saturated heterocycles. The van der Waals surface area contributed by atoms with Crippen molar-refractivity contribution in [2.45, 2.75) is 13.0 Å². The lowest BCUT2D eigenvalue weighted by Crippen LogP contribution is -2.30. The van der Waals surface area contributed by atoms with Gasteiger partial charge in [0.15, 0.2) is 11.5 Å². The van der Waals surface area contributed by atoms with Crippen molar-refractivity contribution in [2.24, 2.45) is 0 Å². The molecule has 1 aliphatic rings. The molecule has 10 heteroatoms. The van der Waals surface area contributed by atoms with E-state index in [4.69, 9.17) is 26.8 Å². The molecule has 162 valence electrons. The minimum absolute atomic E-state index is 0.0488. The molecule has 1 heterocycles. The van der Waals surface area contributed by atoms with Gasteiger partial charge in [-0.25, -0.2) is 0 Å². The normalized spacial score (nSPS) is 14.9. The van der Waals surface area contributed by atoms with Crippen molar-refractivity contribution >= 4 is 78.1 Å². The van der Waals surface area contributed by atoms with E-state index in [1.54, 1.807) is 19.3 Å². The number of thioether (sulfide) groups is 1. The Kier molecular flexibility index (Phi) is 8.15. The van der Waals surface area contributed by atoms with Crippen LogP contribution in [0, 0.1) is 0 Å². The van der Waals surface area contributed by atoms with E-state index < -0.39 is 5.97 Å². The van der Waals surface area contributed by atoms with Gasteiger partial charge in [-0.05, 0) is 57.4 Å². The molecule has 0 unspecified atom stereocenters. The number of benzene rings is 2. The topological polar surface area (TPSA) is 76.1 Å². The van der Waals surface area contributed by atoms with Crippen LogP contribution in [0.25, 0.3) is 6.08 Å². The lowest BCUT2D eigenvalue weighted by molar-refractivity contribution is -0.137. The Balaban J connectivity index is 1.79. The lowest BCUT2D eigenvalue weighted by atomic mass is 10.1. The monoisotopic (exact) mass is 585 g/mol. The number of nitrogens with zero attached hydrogens (tertiary/aromatic N) is 1. The molecule has 3 rings (SSSR count). The molecule has 0 saturated carbocycles. The van der Waals surface area contributed by atoms with E-state index >= 15 is 0 Å². The number of halogens is 2. The number of carboxylic acid groups (broad SMARTS) is 1. The van der Waals surface area contributed by atoms with E-state index in [2.05, 4.69) is 31.9 Å². The highest BCUT2D eigenvalue weighted by molar-refractivity contribution is 9.10. The van der Waals surface area contributed by atoms with Gasteiger partial charge < -0.3 is 14.6 Å². The smallest absolute Gasteiger partial charge is 0.305 e. The fraction of sp³-hybridized carbons (Fsp3) is 0.190. The Bertz CT molecular complexity index is 1060. The summed E-state index contributed by atoms with van der Waals surface area (Å²) in [6.45, 7) is 0.414. The van der Waals surface area contributed by atoms with Crippen molar-refractivity contribution in [3.63, 3.8) is 0 Å². The summed E-state index contributed by atoms with van der Waals surface area (Å²) >= 11 is 13.3. The molecule has 1 aliphatic heterocycles. The SMILES string of the molecule is COc1cc(/C=C2/SC(=S)N(CCC(=O)O)C2=O)cc(Br)c1OCc1ccc(Br)cc1. The van der Waals surface area contributed by atoms with Gasteiger partial charge in [-0.1, -0.05) is 52.0 Å². The quantitative estimate of drug-likeness (QED) is 0.324. The number of amides is 1. The van der Waals surface area contributed by atoms with Crippen LogP contribution in [0.15, 0.2) is 50.2 Å². The Hall–Kier alpha value is -1.88. The van der Waals surface area contributed by atoms with Gasteiger partial charge in [-0.3, -0.25) is 14.5 Å². The van der Waals surface area contributed by atoms with E-state index in [9.17, 15) is 9.59 Å². The maximum absolute atomic E-state index is 12.6. The standard InChI is InChI=1S/C21H17Br2NO5S2/c1-28-16-9-13(10-17-20(27)24(21(30)31-17)7-6-18(25)26)8-15(23)19(16)29-11-12-2-4-14(22)5-3-12/h2-5,8-10H,6-7,11H2,1H3,(H,25,26)/b17-10+. The van der Waals surface area contributed by atoms with Crippen LogP contribution in [0.5, 0.6) is 11.5 Å². The fourth-order valence-corrected chi connectivity index (χ4v) is 4.90. The van der Waals surface area contributed by atoms with Gasteiger partial charge in [0.05, 0.1) is 22.9 Å². The molecule has 1 amide bonds. The number of carboxylic acids is 1. The molecule has 2 aromatic rings. The number of methoxy groups -OCH3 is 1. The summed E-state index contributed by atoms with van der Waals surface area (Å²) in [5, 5.41) is 8.85. The summed E-state index contributed by atoms with van der Waals surface area (Å²) in [7, 11) is 1.55. The van der Waals surface area contributed by atoms with Crippen molar-refractivity contribution in [3.05, 3.63) is 61.4 Å². The van der Waals surface area contributed by atoms with Crippen molar-refractivity contribution in [3.8, 4) is 11.5 Å². The zero-order valence-electron chi connectivity index (χ0n) is 16.3. The third-order valence-corrected chi connectivity index (χ3v) is 6.76. The molecular formula is C21H17Br2NO5S2. The average molecular weight is 587 g/mol. The van der Waals surface area contributed by atoms with E-state index in [0.29, 0.717) is 31.8 Å². The van der Waals surface area contributed by atoms with Crippen molar-refractivity contribution in [2.75, 3.05) is 13.7 Å². The third-order valence-electron chi connectivity index (χ3n) is 4.27. The first-order chi connectivity index (χ1) is 14.8. The van der Waals surface area contributed by atoms with Gasteiger partial charge in [-0.15, -0.1) is 0 Å². The van der Waals surface area contributed by atoms with Gasteiger partial charge in [0.1, 0.15) is 10.9 Å². The largest absolute Gasteiger partial charge is 0.493 e. The number of hydrogen-bond donors (Lipinski definition) is 1. The minimum atomic E-state index is -0.981. The molecule has 1 N–H and O–H groups in total. The Morgan fingerprint density at radius 3 is 2.61 bits per heavy atom. The van der Waals surface area contributed by atoms with Crippen molar-refractivity contribution < 1.29 is 24.2 Å². The summed E-state index contributed by atoms with van der Waals surface area (Å²) in [5.41, 5.74) is 1.73. The molecule has 0 radical (unpaired) electrons. The van der Waals surface area contributed by atoms with E-state index in [1.165, 1.54) is 4.90 Å². The number of ether oxygens (including phenoxy) is 2. The number of hydrogen-bond acceptors (Lipinski definition) is 6. The summed E-state index contributed by atoms with van der Waals surface area (Å²) in [5.74, 6) is -0.219. The summed E-state index contributed by atoms with van der Waals surface area (Å²) in [6, 6.07) is 11.4. The second-order valence-electron chi connectivity index (χ2n) is 6.43. The van der Waals surface area contributed by atoms with Gasteiger partial charge >= 0.3 is 5.97 Å². The van der Waals surface area contributed by atoms with Crippen molar-refractivity contribution in [1.82, 2.24) is 4.90 Å². The highest BCUT2D eigenvalue weighted by Gasteiger charge is 2.32. The lowest BCUT2D eigenvalue weighted by Gasteiger charge is -2.14. The van der Waals surface area contributed by atoms with E-state index in [-0.39, 0.29) is 18.9 Å². The average Bonchev–Trinajstić information content (AvgIpc) is 2.99. The van der Waals surface area contributed by atoms with Crippen molar-refractivity contribution in [1.29, 1.82) is 0 Å². The number of carbonyl (C=O) groups is 2. The van der Waals surface area contributed by atoms with Gasteiger partial charge in [0.2, 0.25) is 0 Å². The third kappa shape index (κ3) is 6.09. The van der Waals surface area contributed by atoms with E-state index in [1.807, 2.05) is 30.3 Å². The summed E-state index contributed by atoms with van der Waals surface area (Å²) in [6.07, 6.45) is 1.54. The zero-order valence-corrected chi connectivity index (χ0v) is 21.1. The second-order valence-corrected chi connectivity index (χ2v) is 9.87. The minimum Gasteiger partial charge on any atom is -0.493 e. The van der Waals surface area contributed by atoms with Crippen LogP contribution in [-0.4, -0.2) is 39.9 Å². The highest BCUT2D eigenvalue weighted by Crippen LogP contribution is 2.39. The molecular weight excluding hydrogens is 570 g/mol. The Morgan fingerprint density at radius 2 is 1.97 bits per heavy atom. The van der Waals surface area contributed by atoms with Gasteiger partial charge in [0.25, 0.3) is 5.91 Å². The van der Waals surface area contributed by atoms with Crippen LogP contribution in [0.4, 0.5) is 0 Å². The number of aliphatic carboxylic acids is 1. The summed E-state index contributed by atoms with van der Waals surface area (Å²) in [4.78, 5) is 25.1. The molecule has 6 nitrogen and oxygen atoms in total.